The lowest BCUT2D eigenvalue weighted by Gasteiger charge is -2.28. The van der Waals surface area contributed by atoms with Crippen LogP contribution in [0, 0.1) is 5.92 Å². The van der Waals surface area contributed by atoms with E-state index < -0.39 is 0 Å². The van der Waals surface area contributed by atoms with Crippen molar-refractivity contribution in [1.29, 1.82) is 0 Å². The molecule has 0 rings (SSSR count). The molecule has 16 heavy (non-hydrogen) atoms. The quantitative estimate of drug-likeness (QED) is 0.581. The molecule has 0 aromatic carbocycles. The fourth-order valence-electron chi connectivity index (χ4n) is 1.62. The standard InChI is InChI=1S/C13H30N2O/c1-6-8-14-10-13(11-16-5)15(4)9-7-12(2)3/h12-14H,6-11H2,1-5H3. The third kappa shape index (κ3) is 8.08. The number of rotatable bonds is 10. The van der Waals surface area contributed by atoms with Gasteiger partial charge in [-0.15, -0.1) is 0 Å². The largest absolute Gasteiger partial charge is 0.383 e. The molecule has 0 fully saturated rings. The van der Waals surface area contributed by atoms with Gasteiger partial charge in [-0.05, 0) is 38.9 Å². The first kappa shape index (κ1) is 15.9. The zero-order valence-electron chi connectivity index (χ0n) is 11.8. The highest BCUT2D eigenvalue weighted by Gasteiger charge is 2.13. The molecule has 0 bridgehead atoms. The molecule has 0 saturated carbocycles. The molecule has 0 aromatic rings. The van der Waals surface area contributed by atoms with E-state index in [1.807, 2.05) is 0 Å². The Morgan fingerprint density at radius 2 is 2.00 bits per heavy atom. The summed E-state index contributed by atoms with van der Waals surface area (Å²) in [5, 5.41) is 3.47. The zero-order valence-corrected chi connectivity index (χ0v) is 11.8. The zero-order chi connectivity index (χ0) is 12.4. The molecule has 98 valence electrons. The van der Waals surface area contributed by atoms with Gasteiger partial charge in [0.15, 0.2) is 0 Å². The van der Waals surface area contributed by atoms with E-state index in [-0.39, 0.29) is 0 Å². The molecule has 1 atom stereocenters. The highest BCUT2D eigenvalue weighted by molar-refractivity contribution is 4.71. The topological polar surface area (TPSA) is 24.5 Å². The van der Waals surface area contributed by atoms with Crippen molar-refractivity contribution in [2.45, 2.75) is 39.7 Å². The van der Waals surface area contributed by atoms with Crippen molar-refractivity contribution in [3.8, 4) is 0 Å². The lowest BCUT2D eigenvalue weighted by molar-refractivity contribution is 0.102. The summed E-state index contributed by atoms with van der Waals surface area (Å²) >= 11 is 0. The van der Waals surface area contributed by atoms with Gasteiger partial charge in [0.1, 0.15) is 0 Å². The second kappa shape index (κ2) is 10.1. The van der Waals surface area contributed by atoms with Gasteiger partial charge in [-0.1, -0.05) is 20.8 Å². The van der Waals surface area contributed by atoms with E-state index in [2.05, 4.69) is 38.0 Å². The second-order valence-corrected chi connectivity index (χ2v) is 4.98. The fourth-order valence-corrected chi connectivity index (χ4v) is 1.62. The van der Waals surface area contributed by atoms with E-state index in [1.165, 1.54) is 12.8 Å². The van der Waals surface area contributed by atoms with Gasteiger partial charge >= 0.3 is 0 Å². The van der Waals surface area contributed by atoms with Crippen LogP contribution in [0.4, 0.5) is 0 Å². The average molecular weight is 230 g/mol. The molecule has 0 aliphatic rings. The van der Waals surface area contributed by atoms with Crippen LogP contribution in [0.15, 0.2) is 0 Å². The number of hydrogen-bond donors (Lipinski definition) is 1. The molecule has 0 aromatic heterocycles. The van der Waals surface area contributed by atoms with Crippen LogP contribution in [0.2, 0.25) is 0 Å². The Balaban J connectivity index is 3.86. The van der Waals surface area contributed by atoms with Gasteiger partial charge in [-0.2, -0.15) is 0 Å². The second-order valence-electron chi connectivity index (χ2n) is 4.98. The molecule has 1 unspecified atom stereocenters. The van der Waals surface area contributed by atoms with E-state index in [9.17, 15) is 0 Å². The highest BCUT2D eigenvalue weighted by atomic mass is 16.5. The average Bonchev–Trinajstić information content (AvgIpc) is 2.25. The molecule has 0 spiro atoms. The third-order valence-electron chi connectivity index (χ3n) is 2.85. The van der Waals surface area contributed by atoms with Crippen LogP contribution in [-0.4, -0.2) is 51.3 Å². The number of nitrogens with one attached hydrogen (secondary N) is 1. The number of nitrogens with zero attached hydrogens (tertiary/aromatic N) is 1. The predicted molar refractivity (Wildman–Crippen MR) is 70.9 cm³/mol. The van der Waals surface area contributed by atoms with Gasteiger partial charge < -0.3 is 10.1 Å². The van der Waals surface area contributed by atoms with Gasteiger partial charge in [0.2, 0.25) is 0 Å². The molecule has 0 aliphatic carbocycles. The minimum absolute atomic E-state index is 0.496. The van der Waals surface area contributed by atoms with Crippen LogP contribution >= 0.6 is 0 Å². The first-order valence-corrected chi connectivity index (χ1v) is 6.51. The van der Waals surface area contributed by atoms with Gasteiger partial charge in [-0.3, -0.25) is 4.90 Å². The predicted octanol–water partition coefficient (Wildman–Crippen LogP) is 1.98. The minimum Gasteiger partial charge on any atom is -0.383 e. The summed E-state index contributed by atoms with van der Waals surface area (Å²) in [6, 6.07) is 0.496. The van der Waals surface area contributed by atoms with E-state index >= 15 is 0 Å². The summed E-state index contributed by atoms with van der Waals surface area (Å²) < 4.78 is 5.28. The first-order valence-electron chi connectivity index (χ1n) is 6.51. The maximum Gasteiger partial charge on any atom is 0.0630 e. The number of hydrogen-bond acceptors (Lipinski definition) is 3. The summed E-state index contributed by atoms with van der Waals surface area (Å²) in [6.07, 6.45) is 2.44. The SMILES string of the molecule is CCCNCC(COC)N(C)CCC(C)C. The smallest absolute Gasteiger partial charge is 0.0630 e. The van der Waals surface area contributed by atoms with Crippen molar-refractivity contribution < 1.29 is 4.74 Å². The molecule has 3 heteroatoms. The van der Waals surface area contributed by atoms with Crippen molar-refractivity contribution >= 4 is 0 Å². The van der Waals surface area contributed by atoms with Crippen molar-refractivity contribution in [3.05, 3.63) is 0 Å². The molecular formula is C13H30N2O. The van der Waals surface area contributed by atoms with Crippen molar-refractivity contribution in [3.63, 3.8) is 0 Å². The molecule has 0 saturated heterocycles. The molecule has 0 heterocycles. The maximum absolute atomic E-state index is 5.28. The molecule has 3 nitrogen and oxygen atoms in total. The molecule has 0 aliphatic heterocycles. The van der Waals surface area contributed by atoms with Crippen LogP contribution in [0.3, 0.4) is 0 Å². The fraction of sp³-hybridized carbons (Fsp3) is 1.00. The summed E-state index contributed by atoms with van der Waals surface area (Å²) in [5.41, 5.74) is 0. The van der Waals surface area contributed by atoms with Gasteiger partial charge in [-0.25, -0.2) is 0 Å². The van der Waals surface area contributed by atoms with Crippen LogP contribution in [-0.2, 0) is 4.74 Å². The van der Waals surface area contributed by atoms with Crippen molar-refractivity contribution in [2.24, 2.45) is 5.92 Å². The van der Waals surface area contributed by atoms with E-state index in [0.29, 0.717) is 6.04 Å². The summed E-state index contributed by atoms with van der Waals surface area (Å²) in [7, 11) is 3.97. The minimum atomic E-state index is 0.496. The highest BCUT2D eigenvalue weighted by Crippen LogP contribution is 2.04. The Kier molecular flexibility index (Phi) is 9.99. The van der Waals surface area contributed by atoms with Gasteiger partial charge in [0.05, 0.1) is 6.61 Å². The number of ether oxygens (including phenoxy) is 1. The normalized spacial score (nSPS) is 13.7. The van der Waals surface area contributed by atoms with E-state index in [1.54, 1.807) is 7.11 Å². The Bertz CT molecular complexity index is 151. The molecule has 1 N–H and O–H groups in total. The number of methoxy groups -OCH3 is 1. The lowest BCUT2D eigenvalue weighted by atomic mass is 10.1. The van der Waals surface area contributed by atoms with Crippen LogP contribution in [0.5, 0.6) is 0 Å². The maximum atomic E-state index is 5.28. The summed E-state index contributed by atoms with van der Waals surface area (Å²) in [5.74, 6) is 0.772. The first-order chi connectivity index (χ1) is 7.61. The van der Waals surface area contributed by atoms with Crippen molar-refractivity contribution in [1.82, 2.24) is 10.2 Å². The summed E-state index contributed by atoms with van der Waals surface area (Å²) in [6.45, 7) is 10.8. The van der Waals surface area contributed by atoms with Crippen LogP contribution < -0.4 is 5.32 Å². The lowest BCUT2D eigenvalue weighted by Crippen LogP contribution is -2.43. The summed E-state index contributed by atoms with van der Waals surface area (Å²) in [4.78, 5) is 2.41. The third-order valence-corrected chi connectivity index (χ3v) is 2.85. The monoisotopic (exact) mass is 230 g/mol. The Hall–Kier alpha value is -0.120. The van der Waals surface area contributed by atoms with Gasteiger partial charge in [0, 0.05) is 19.7 Å². The van der Waals surface area contributed by atoms with E-state index in [0.717, 1.165) is 32.2 Å². The molecule has 0 radical (unpaired) electrons. The van der Waals surface area contributed by atoms with Crippen LogP contribution in [0.1, 0.15) is 33.6 Å². The van der Waals surface area contributed by atoms with Crippen molar-refractivity contribution in [2.75, 3.05) is 40.4 Å². The van der Waals surface area contributed by atoms with Crippen LogP contribution in [0.25, 0.3) is 0 Å². The Labute approximate surface area is 102 Å². The number of likely N-dealkylation sites (N-methyl/N-ethyl adjacent to an activating group) is 1. The van der Waals surface area contributed by atoms with Gasteiger partial charge in [0.25, 0.3) is 0 Å². The van der Waals surface area contributed by atoms with E-state index in [4.69, 9.17) is 4.74 Å². The molecule has 0 amide bonds. The molecular weight excluding hydrogens is 200 g/mol. The Morgan fingerprint density at radius 3 is 2.50 bits per heavy atom. The Morgan fingerprint density at radius 1 is 1.31 bits per heavy atom.